The quantitative estimate of drug-likeness (QED) is 0.286. The van der Waals surface area contributed by atoms with Crippen LogP contribution in [0.25, 0.3) is 10.6 Å². The molecular formula is C28H28N4O4S. The molecule has 0 radical (unpaired) electrons. The molecular weight excluding hydrogens is 488 g/mol. The molecule has 0 bridgehead atoms. The highest BCUT2D eigenvalue weighted by Gasteiger charge is 2.39. The number of benzene rings is 1. The molecule has 0 fully saturated rings. The van der Waals surface area contributed by atoms with Gasteiger partial charge in [0.15, 0.2) is 0 Å². The molecule has 0 saturated heterocycles. The number of nitrogens with one attached hydrogen (secondary N) is 1. The summed E-state index contributed by atoms with van der Waals surface area (Å²) in [6, 6.07) is 12.5. The van der Waals surface area contributed by atoms with E-state index in [1.165, 1.54) is 11.3 Å². The van der Waals surface area contributed by atoms with Gasteiger partial charge in [-0.25, -0.2) is 19.7 Å². The largest absolute Gasteiger partial charge is 0.491 e. The van der Waals surface area contributed by atoms with Gasteiger partial charge in [0.05, 0.1) is 22.2 Å². The van der Waals surface area contributed by atoms with Gasteiger partial charge in [-0.15, -0.1) is 11.3 Å². The molecule has 0 spiro atoms. The molecule has 3 heterocycles. The van der Waals surface area contributed by atoms with Gasteiger partial charge in [-0.1, -0.05) is 6.07 Å². The van der Waals surface area contributed by atoms with Crippen LogP contribution in [0.2, 0.25) is 0 Å². The summed E-state index contributed by atoms with van der Waals surface area (Å²) in [6.07, 6.45) is 5.47. The third-order valence-electron chi connectivity index (χ3n) is 6.22. The molecule has 0 amide bonds. The maximum atomic E-state index is 11.7. The summed E-state index contributed by atoms with van der Waals surface area (Å²) in [5, 5.41) is 24.9. The Hall–Kier alpha value is -3.82. The van der Waals surface area contributed by atoms with E-state index in [1.807, 2.05) is 45.0 Å². The monoisotopic (exact) mass is 516 g/mol. The van der Waals surface area contributed by atoms with E-state index in [0.717, 1.165) is 45.9 Å². The lowest BCUT2D eigenvalue weighted by atomic mass is 9.79. The Morgan fingerprint density at radius 3 is 2.76 bits per heavy atom. The number of ether oxygens (including phenoxy) is 1. The Bertz CT molecular complexity index is 1470. The summed E-state index contributed by atoms with van der Waals surface area (Å²) in [6.45, 7) is 5.94. The average molecular weight is 517 g/mol. The van der Waals surface area contributed by atoms with Crippen molar-refractivity contribution in [1.29, 1.82) is 0 Å². The number of aromatic nitrogens is 3. The Morgan fingerprint density at radius 2 is 1.97 bits per heavy atom. The minimum absolute atomic E-state index is 0.0599. The number of aliphatic hydroxyl groups is 1. The number of fused-ring (bicyclic) bond motifs is 1. The first-order valence-electron chi connectivity index (χ1n) is 12.2. The summed E-state index contributed by atoms with van der Waals surface area (Å²) in [4.78, 5) is 26.0. The third-order valence-corrected chi connectivity index (χ3v) is 7.39. The fraction of sp³-hybridized carbons (Fsp3) is 0.286. The van der Waals surface area contributed by atoms with Gasteiger partial charge in [0.2, 0.25) is 0 Å². The second-order valence-corrected chi connectivity index (χ2v) is 10.5. The first-order valence-corrected chi connectivity index (χ1v) is 13.0. The maximum Gasteiger partial charge on any atom is 0.335 e. The van der Waals surface area contributed by atoms with Gasteiger partial charge < -0.3 is 20.3 Å². The van der Waals surface area contributed by atoms with Crippen LogP contribution in [0.15, 0.2) is 54.9 Å². The van der Waals surface area contributed by atoms with Crippen molar-refractivity contribution >= 4 is 28.9 Å². The van der Waals surface area contributed by atoms with E-state index in [4.69, 9.17) is 9.72 Å². The number of anilines is 2. The summed E-state index contributed by atoms with van der Waals surface area (Å²) in [7, 11) is 0. The molecule has 4 aromatic rings. The molecule has 9 heteroatoms. The van der Waals surface area contributed by atoms with E-state index >= 15 is 0 Å². The fourth-order valence-corrected chi connectivity index (χ4v) is 5.64. The number of rotatable bonds is 7. The molecule has 0 aliphatic heterocycles. The Labute approximate surface area is 219 Å². The van der Waals surface area contributed by atoms with E-state index in [2.05, 4.69) is 15.3 Å². The minimum atomic E-state index is -1.26. The Kier molecular flexibility index (Phi) is 6.66. The molecule has 37 heavy (non-hydrogen) atoms. The highest BCUT2D eigenvalue weighted by Crippen LogP contribution is 2.43. The van der Waals surface area contributed by atoms with Crippen molar-refractivity contribution in [2.45, 2.75) is 51.7 Å². The molecule has 1 unspecified atom stereocenters. The lowest BCUT2D eigenvalue weighted by molar-refractivity contribution is 0.0607. The number of aryl methyl sites for hydroxylation is 2. The lowest BCUT2D eigenvalue weighted by Gasteiger charge is -2.33. The number of nitrogens with zero attached hydrogens (tertiary/aromatic N) is 3. The van der Waals surface area contributed by atoms with Crippen LogP contribution in [0.4, 0.5) is 11.6 Å². The summed E-state index contributed by atoms with van der Waals surface area (Å²) in [5.41, 5.74) is 2.28. The Morgan fingerprint density at radius 1 is 1.14 bits per heavy atom. The molecule has 5 rings (SSSR count). The maximum absolute atomic E-state index is 11.7. The molecule has 3 N–H and O–H groups in total. The van der Waals surface area contributed by atoms with Crippen molar-refractivity contribution in [3.8, 4) is 16.3 Å². The van der Waals surface area contributed by atoms with Crippen LogP contribution >= 0.6 is 11.3 Å². The fourth-order valence-electron chi connectivity index (χ4n) is 4.63. The van der Waals surface area contributed by atoms with Crippen LogP contribution in [0.5, 0.6) is 5.75 Å². The average Bonchev–Trinajstić information content (AvgIpc) is 3.35. The number of carboxylic acid groups (broad SMARTS) is 1. The second-order valence-electron chi connectivity index (χ2n) is 9.50. The van der Waals surface area contributed by atoms with Crippen molar-refractivity contribution in [1.82, 2.24) is 15.0 Å². The van der Waals surface area contributed by atoms with Gasteiger partial charge in [-0.2, -0.15) is 0 Å². The molecule has 1 aliphatic rings. The molecule has 1 aromatic carbocycles. The molecule has 8 nitrogen and oxygen atoms in total. The van der Waals surface area contributed by atoms with Gasteiger partial charge in [0.25, 0.3) is 0 Å². The molecule has 1 atom stereocenters. The van der Waals surface area contributed by atoms with Gasteiger partial charge in [0, 0.05) is 18.5 Å². The van der Waals surface area contributed by atoms with Gasteiger partial charge in [0.1, 0.15) is 28.0 Å². The number of aromatic carboxylic acids is 1. The zero-order chi connectivity index (χ0) is 26.2. The number of pyridine rings is 2. The SMILES string of the molecule is Cc1cc(Nc2cc(OC(C)C)ccn2)nc(-c2cnc(C3(O)CCCc4cc(C(=O)O)ccc43)s2)c1. The smallest absolute Gasteiger partial charge is 0.335 e. The van der Waals surface area contributed by atoms with Crippen molar-refractivity contribution in [3.63, 3.8) is 0 Å². The van der Waals surface area contributed by atoms with Crippen molar-refractivity contribution in [2.75, 3.05) is 5.32 Å². The highest BCUT2D eigenvalue weighted by molar-refractivity contribution is 7.15. The van der Waals surface area contributed by atoms with Crippen LogP contribution in [-0.4, -0.2) is 37.2 Å². The second kappa shape index (κ2) is 9.91. The Balaban J connectivity index is 1.44. The van der Waals surface area contributed by atoms with Crippen molar-refractivity contribution < 1.29 is 19.7 Å². The predicted octanol–water partition coefficient (Wildman–Crippen LogP) is 5.71. The summed E-state index contributed by atoms with van der Waals surface area (Å²) >= 11 is 1.40. The molecule has 3 aromatic heterocycles. The van der Waals surface area contributed by atoms with E-state index in [9.17, 15) is 15.0 Å². The number of thiazole rings is 1. The first-order chi connectivity index (χ1) is 17.7. The summed E-state index contributed by atoms with van der Waals surface area (Å²) in [5.74, 6) is 1.02. The summed E-state index contributed by atoms with van der Waals surface area (Å²) < 4.78 is 5.76. The van der Waals surface area contributed by atoms with Crippen molar-refractivity contribution in [3.05, 3.63) is 82.1 Å². The van der Waals surface area contributed by atoms with E-state index in [1.54, 1.807) is 30.6 Å². The predicted molar refractivity (Wildman–Crippen MR) is 143 cm³/mol. The van der Waals surface area contributed by atoms with Gasteiger partial charge >= 0.3 is 5.97 Å². The number of carboxylic acids is 1. The number of hydrogen-bond donors (Lipinski definition) is 3. The molecule has 1 aliphatic carbocycles. The number of hydrogen-bond acceptors (Lipinski definition) is 8. The third kappa shape index (κ3) is 5.19. The van der Waals surface area contributed by atoms with Crippen LogP contribution in [-0.2, 0) is 12.0 Å². The standard InChI is InChI=1S/C28H28N4O4S/c1-16(2)36-20-8-10-29-24(14-20)32-25-12-17(3)11-22(31-25)23-15-30-27(37-23)28(35)9-4-5-18-13-19(26(33)34)6-7-21(18)28/h6-8,10-16,35H,4-5,9H2,1-3H3,(H,33,34)(H,29,31,32). The van der Waals surface area contributed by atoms with Gasteiger partial charge in [-0.3, -0.25) is 0 Å². The zero-order valence-electron chi connectivity index (χ0n) is 20.9. The molecule has 0 saturated carbocycles. The van der Waals surface area contributed by atoms with Crippen LogP contribution in [0.3, 0.4) is 0 Å². The lowest BCUT2D eigenvalue weighted by Crippen LogP contribution is -2.32. The van der Waals surface area contributed by atoms with E-state index in [-0.39, 0.29) is 11.7 Å². The zero-order valence-corrected chi connectivity index (χ0v) is 21.7. The van der Waals surface area contributed by atoms with E-state index < -0.39 is 11.6 Å². The molecule has 190 valence electrons. The van der Waals surface area contributed by atoms with Crippen LogP contribution in [0, 0.1) is 6.92 Å². The van der Waals surface area contributed by atoms with Crippen LogP contribution < -0.4 is 10.1 Å². The minimum Gasteiger partial charge on any atom is -0.491 e. The van der Waals surface area contributed by atoms with E-state index in [0.29, 0.717) is 23.1 Å². The van der Waals surface area contributed by atoms with Gasteiger partial charge in [-0.05, 0) is 87.1 Å². The first kappa shape index (κ1) is 24.9. The number of carbonyl (C=O) groups is 1. The van der Waals surface area contributed by atoms with Crippen molar-refractivity contribution in [2.24, 2.45) is 0 Å². The van der Waals surface area contributed by atoms with Crippen LogP contribution in [0.1, 0.15) is 58.7 Å². The normalized spacial score (nSPS) is 16.9. The highest BCUT2D eigenvalue weighted by atomic mass is 32.1. The topological polar surface area (TPSA) is 117 Å².